The third-order valence-corrected chi connectivity index (χ3v) is 3.34. The smallest absolute Gasteiger partial charge is 0.0423 e. The highest BCUT2D eigenvalue weighted by Crippen LogP contribution is 2.30. The molecule has 0 saturated heterocycles. The molecule has 14 heavy (non-hydrogen) atoms. The number of hydrogen-bond acceptors (Lipinski definition) is 0. The van der Waals surface area contributed by atoms with Gasteiger partial charge in [0.05, 0.1) is 0 Å². The van der Waals surface area contributed by atoms with Gasteiger partial charge in [-0.3, -0.25) is 0 Å². The zero-order chi connectivity index (χ0) is 10.7. The van der Waals surface area contributed by atoms with E-state index in [1.165, 1.54) is 12.0 Å². The van der Waals surface area contributed by atoms with Crippen molar-refractivity contribution in [3.05, 3.63) is 33.8 Å². The van der Waals surface area contributed by atoms with Gasteiger partial charge in [-0.15, -0.1) is 0 Å². The Balaban J connectivity index is 2.94. The van der Waals surface area contributed by atoms with Crippen LogP contribution in [-0.4, -0.2) is 0 Å². The number of rotatable bonds is 3. The molecule has 0 aliphatic carbocycles. The van der Waals surface area contributed by atoms with Gasteiger partial charge < -0.3 is 0 Å². The van der Waals surface area contributed by atoms with Gasteiger partial charge in [0.25, 0.3) is 0 Å². The quantitative estimate of drug-likeness (QED) is 0.675. The maximum atomic E-state index is 5.96. The largest absolute Gasteiger partial charge is 0.0843 e. The van der Waals surface area contributed by atoms with Crippen LogP contribution in [0, 0.1) is 5.92 Å². The normalized spacial score (nSPS) is 15.2. The molecule has 0 saturated carbocycles. The van der Waals surface area contributed by atoms with E-state index in [-0.39, 0.29) is 0 Å². The van der Waals surface area contributed by atoms with Gasteiger partial charge in [-0.05, 0) is 35.6 Å². The van der Waals surface area contributed by atoms with Crippen molar-refractivity contribution < 1.29 is 0 Å². The van der Waals surface area contributed by atoms with Crippen LogP contribution in [0.25, 0.3) is 0 Å². The molecule has 2 heteroatoms. The first-order chi connectivity index (χ1) is 6.54. The third kappa shape index (κ3) is 2.90. The Bertz CT molecular complexity index is 287. The summed E-state index contributed by atoms with van der Waals surface area (Å²) >= 11 is 11.9. The third-order valence-electron chi connectivity index (χ3n) is 2.91. The summed E-state index contributed by atoms with van der Waals surface area (Å²) in [6.45, 7) is 6.67. The predicted molar refractivity (Wildman–Crippen MR) is 64.3 cm³/mol. The Kier molecular flexibility index (Phi) is 4.28. The van der Waals surface area contributed by atoms with Crippen LogP contribution in [0.1, 0.15) is 38.7 Å². The van der Waals surface area contributed by atoms with Crippen LogP contribution in [-0.2, 0) is 0 Å². The van der Waals surface area contributed by atoms with Crippen LogP contribution < -0.4 is 0 Å². The first kappa shape index (κ1) is 11.9. The average molecular weight is 231 g/mol. The van der Waals surface area contributed by atoms with Crippen molar-refractivity contribution in [3.8, 4) is 0 Å². The highest BCUT2D eigenvalue weighted by atomic mass is 35.5. The van der Waals surface area contributed by atoms with E-state index < -0.39 is 0 Å². The lowest BCUT2D eigenvalue weighted by Gasteiger charge is -2.19. The molecule has 0 nitrogen and oxygen atoms in total. The summed E-state index contributed by atoms with van der Waals surface area (Å²) < 4.78 is 0. The van der Waals surface area contributed by atoms with Crippen LogP contribution in [0.4, 0.5) is 0 Å². The summed E-state index contributed by atoms with van der Waals surface area (Å²) in [5.41, 5.74) is 1.23. The van der Waals surface area contributed by atoms with Gasteiger partial charge in [0.1, 0.15) is 0 Å². The van der Waals surface area contributed by atoms with Crippen LogP contribution in [0.15, 0.2) is 18.2 Å². The summed E-state index contributed by atoms with van der Waals surface area (Å²) in [5.74, 6) is 1.17. The van der Waals surface area contributed by atoms with E-state index in [2.05, 4.69) is 20.8 Å². The minimum absolute atomic E-state index is 0.510. The van der Waals surface area contributed by atoms with Crippen LogP contribution in [0.3, 0.4) is 0 Å². The van der Waals surface area contributed by atoms with Crippen molar-refractivity contribution in [2.24, 2.45) is 5.92 Å². The molecule has 2 unspecified atom stereocenters. The van der Waals surface area contributed by atoms with Crippen molar-refractivity contribution >= 4 is 23.2 Å². The van der Waals surface area contributed by atoms with Gasteiger partial charge in [0, 0.05) is 10.0 Å². The summed E-state index contributed by atoms with van der Waals surface area (Å²) in [4.78, 5) is 0. The second kappa shape index (κ2) is 5.04. The van der Waals surface area contributed by atoms with Gasteiger partial charge in [-0.2, -0.15) is 0 Å². The fraction of sp³-hybridized carbons (Fsp3) is 0.500. The van der Waals surface area contributed by atoms with Crippen molar-refractivity contribution in [2.45, 2.75) is 33.1 Å². The SMILES string of the molecule is CCC(C)C(C)c1cc(Cl)cc(Cl)c1. The van der Waals surface area contributed by atoms with Gasteiger partial charge >= 0.3 is 0 Å². The van der Waals surface area contributed by atoms with Crippen molar-refractivity contribution in [3.63, 3.8) is 0 Å². The zero-order valence-electron chi connectivity index (χ0n) is 8.85. The van der Waals surface area contributed by atoms with Crippen LogP contribution in [0.2, 0.25) is 10.0 Å². The highest BCUT2D eigenvalue weighted by molar-refractivity contribution is 6.34. The fourth-order valence-corrected chi connectivity index (χ4v) is 2.06. The maximum absolute atomic E-state index is 5.96. The molecule has 0 aliphatic rings. The second-order valence-corrected chi connectivity index (χ2v) is 4.75. The van der Waals surface area contributed by atoms with E-state index >= 15 is 0 Å². The molecule has 2 atom stereocenters. The molecule has 0 amide bonds. The summed E-state index contributed by atoms with van der Waals surface area (Å²) in [6, 6.07) is 5.78. The lowest BCUT2D eigenvalue weighted by Crippen LogP contribution is -2.04. The first-order valence-electron chi connectivity index (χ1n) is 5.00. The summed E-state index contributed by atoms with van der Waals surface area (Å²) in [7, 11) is 0. The molecule has 0 heterocycles. The molecular weight excluding hydrogens is 215 g/mol. The molecule has 78 valence electrons. The topological polar surface area (TPSA) is 0 Å². The Morgan fingerprint density at radius 3 is 2.00 bits per heavy atom. The van der Waals surface area contributed by atoms with E-state index in [4.69, 9.17) is 23.2 Å². The molecule has 0 fully saturated rings. The molecule has 0 aromatic heterocycles. The molecule has 1 aromatic carbocycles. The Hall–Kier alpha value is -0.200. The fourth-order valence-electron chi connectivity index (χ4n) is 1.52. The molecule has 1 rings (SSSR count). The van der Waals surface area contributed by atoms with Crippen LogP contribution >= 0.6 is 23.2 Å². The molecule has 1 aromatic rings. The van der Waals surface area contributed by atoms with Crippen molar-refractivity contribution in [2.75, 3.05) is 0 Å². The summed E-state index contributed by atoms with van der Waals surface area (Å²) in [5, 5.41) is 1.45. The molecule has 0 bridgehead atoms. The lowest BCUT2D eigenvalue weighted by atomic mass is 9.87. The Morgan fingerprint density at radius 1 is 1.07 bits per heavy atom. The van der Waals surface area contributed by atoms with Gasteiger partial charge in [-0.25, -0.2) is 0 Å². The summed E-state index contributed by atoms with van der Waals surface area (Å²) in [6.07, 6.45) is 1.17. The molecule has 0 N–H and O–H groups in total. The maximum Gasteiger partial charge on any atom is 0.0423 e. The van der Waals surface area contributed by atoms with E-state index in [1.807, 2.05) is 12.1 Å². The zero-order valence-corrected chi connectivity index (χ0v) is 10.4. The standard InChI is InChI=1S/C12H16Cl2/c1-4-8(2)9(3)10-5-11(13)7-12(14)6-10/h5-9H,4H2,1-3H3. The van der Waals surface area contributed by atoms with Crippen molar-refractivity contribution in [1.29, 1.82) is 0 Å². The van der Waals surface area contributed by atoms with E-state index in [0.29, 0.717) is 11.8 Å². The second-order valence-electron chi connectivity index (χ2n) is 3.88. The predicted octanol–water partition coefficient (Wildman–Crippen LogP) is 5.14. The molecular formula is C12H16Cl2. The number of hydrogen-bond donors (Lipinski definition) is 0. The van der Waals surface area contributed by atoms with Crippen molar-refractivity contribution in [1.82, 2.24) is 0 Å². The average Bonchev–Trinajstić information content (AvgIpc) is 2.14. The Labute approximate surface area is 96.2 Å². The highest BCUT2D eigenvalue weighted by Gasteiger charge is 2.13. The monoisotopic (exact) mass is 230 g/mol. The first-order valence-corrected chi connectivity index (χ1v) is 5.76. The van der Waals surface area contributed by atoms with Gasteiger partial charge in [-0.1, -0.05) is 50.4 Å². The number of benzene rings is 1. The van der Waals surface area contributed by atoms with E-state index in [9.17, 15) is 0 Å². The Morgan fingerprint density at radius 2 is 1.57 bits per heavy atom. The van der Waals surface area contributed by atoms with E-state index in [1.54, 1.807) is 6.07 Å². The molecule has 0 radical (unpaired) electrons. The number of halogens is 2. The van der Waals surface area contributed by atoms with E-state index in [0.717, 1.165) is 10.0 Å². The molecule has 0 spiro atoms. The minimum Gasteiger partial charge on any atom is -0.0843 e. The lowest BCUT2D eigenvalue weighted by molar-refractivity contribution is 0.473. The minimum atomic E-state index is 0.510. The van der Waals surface area contributed by atoms with Gasteiger partial charge in [0.15, 0.2) is 0 Å². The van der Waals surface area contributed by atoms with Crippen LogP contribution in [0.5, 0.6) is 0 Å². The molecule has 0 aliphatic heterocycles. The van der Waals surface area contributed by atoms with Gasteiger partial charge in [0.2, 0.25) is 0 Å².